The molecule has 1 aromatic rings. The molecule has 0 heterocycles. The van der Waals surface area contributed by atoms with E-state index in [1.54, 1.807) is 0 Å². The number of benzene rings is 1. The van der Waals surface area contributed by atoms with Crippen LogP contribution in [0.3, 0.4) is 0 Å². The van der Waals surface area contributed by atoms with Gasteiger partial charge in [0.25, 0.3) is 0 Å². The van der Waals surface area contributed by atoms with Crippen LogP contribution < -0.4 is 5.32 Å². The minimum absolute atomic E-state index is 0.663. The summed E-state index contributed by atoms with van der Waals surface area (Å²) in [7, 11) is 0. The number of nitrogens with one attached hydrogen (secondary N) is 1. The maximum atomic E-state index is 6.30. The lowest BCUT2D eigenvalue weighted by Gasteiger charge is -2.21. The molecule has 0 radical (unpaired) electrons. The van der Waals surface area contributed by atoms with Gasteiger partial charge in [0.05, 0.1) is 0 Å². The summed E-state index contributed by atoms with van der Waals surface area (Å²) < 4.78 is 0. The van der Waals surface area contributed by atoms with Crippen molar-refractivity contribution in [2.24, 2.45) is 11.8 Å². The Bertz CT molecular complexity index is 398. The van der Waals surface area contributed by atoms with Gasteiger partial charge in [-0.05, 0) is 61.8 Å². The van der Waals surface area contributed by atoms with Gasteiger partial charge in [-0.3, -0.25) is 0 Å². The maximum absolute atomic E-state index is 6.30. The van der Waals surface area contributed by atoms with Crippen LogP contribution >= 0.6 is 11.6 Å². The third-order valence-electron chi connectivity index (χ3n) is 4.03. The van der Waals surface area contributed by atoms with Crippen molar-refractivity contribution in [3.63, 3.8) is 0 Å². The number of halogens is 1. The Morgan fingerprint density at radius 2 is 2.00 bits per heavy atom. The van der Waals surface area contributed by atoms with Crippen molar-refractivity contribution in [2.45, 2.75) is 46.1 Å². The summed E-state index contributed by atoms with van der Waals surface area (Å²) in [5, 5.41) is 4.53. The zero-order chi connectivity index (χ0) is 13.1. The third-order valence-corrected chi connectivity index (χ3v) is 4.38. The van der Waals surface area contributed by atoms with Crippen molar-refractivity contribution >= 4 is 11.6 Å². The van der Waals surface area contributed by atoms with Gasteiger partial charge in [0.15, 0.2) is 0 Å². The predicted molar refractivity (Wildman–Crippen MR) is 79.2 cm³/mol. The Hall–Kier alpha value is -0.530. The van der Waals surface area contributed by atoms with E-state index in [1.165, 1.54) is 24.0 Å². The van der Waals surface area contributed by atoms with Crippen LogP contribution in [-0.4, -0.2) is 12.6 Å². The molecule has 1 aromatic carbocycles. The van der Waals surface area contributed by atoms with Gasteiger partial charge in [0.2, 0.25) is 0 Å². The molecule has 1 nitrogen and oxygen atoms in total. The molecule has 0 amide bonds. The van der Waals surface area contributed by atoms with Crippen LogP contribution in [-0.2, 0) is 6.42 Å². The average molecular weight is 266 g/mol. The van der Waals surface area contributed by atoms with Crippen LogP contribution in [0.5, 0.6) is 0 Å². The zero-order valence-corrected chi connectivity index (χ0v) is 12.4. The Morgan fingerprint density at radius 1 is 1.28 bits per heavy atom. The molecule has 0 aliphatic heterocycles. The molecule has 2 atom stereocenters. The summed E-state index contributed by atoms with van der Waals surface area (Å²) >= 11 is 6.30. The van der Waals surface area contributed by atoms with Gasteiger partial charge in [-0.2, -0.15) is 0 Å². The SMILES string of the molecule is Cc1ccc(CC(C)C(C)CNC2CC2)c(Cl)c1. The fraction of sp³-hybridized carbons (Fsp3) is 0.625. The Morgan fingerprint density at radius 3 is 2.61 bits per heavy atom. The van der Waals surface area contributed by atoms with Crippen molar-refractivity contribution in [3.05, 3.63) is 34.3 Å². The van der Waals surface area contributed by atoms with Gasteiger partial charge >= 0.3 is 0 Å². The number of aryl methyl sites for hydroxylation is 1. The van der Waals surface area contributed by atoms with Crippen LogP contribution in [0.2, 0.25) is 5.02 Å². The lowest BCUT2D eigenvalue weighted by molar-refractivity contribution is 0.364. The first-order valence-corrected chi connectivity index (χ1v) is 7.42. The highest BCUT2D eigenvalue weighted by molar-refractivity contribution is 6.31. The molecule has 2 unspecified atom stereocenters. The fourth-order valence-corrected chi connectivity index (χ4v) is 2.52. The first-order valence-electron chi connectivity index (χ1n) is 7.04. The van der Waals surface area contributed by atoms with Crippen molar-refractivity contribution < 1.29 is 0 Å². The molecule has 0 bridgehead atoms. The maximum Gasteiger partial charge on any atom is 0.0440 e. The van der Waals surface area contributed by atoms with E-state index in [1.807, 2.05) is 0 Å². The van der Waals surface area contributed by atoms with E-state index in [4.69, 9.17) is 11.6 Å². The molecule has 1 fully saturated rings. The van der Waals surface area contributed by atoms with Crippen LogP contribution in [0.15, 0.2) is 18.2 Å². The van der Waals surface area contributed by atoms with Crippen molar-refractivity contribution in [1.29, 1.82) is 0 Å². The van der Waals surface area contributed by atoms with Crippen LogP contribution in [0.1, 0.15) is 37.8 Å². The summed E-state index contributed by atoms with van der Waals surface area (Å²) in [6.07, 6.45) is 3.81. The van der Waals surface area contributed by atoms with Gasteiger partial charge in [-0.25, -0.2) is 0 Å². The first-order chi connectivity index (χ1) is 8.56. The molecule has 1 aliphatic carbocycles. The van der Waals surface area contributed by atoms with Gasteiger partial charge in [-0.1, -0.05) is 37.6 Å². The molecule has 2 rings (SSSR count). The van der Waals surface area contributed by atoms with E-state index in [9.17, 15) is 0 Å². The molecular weight excluding hydrogens is 242 g/mol. The number of hydrogen-bond donors (Lipinski definition) is 1. The second kappa shape index (κ2) is 6.08. The molecule has 0 spiro atoms. The standard InChI is InChI=1S/C16H24ClN/c1-11-4-5-14(16(17)8-11)9-12(2)13(3)10-18-15-6-7-15/h4-5,8,12-13,15,18H,6-7,9-10H2,1-3H3. The second-order valence-corrected chi connectivity index (χ2v) is 6.34. The van der Waals surface area contributed by atoms with E-state index in [2.05, 4.69) is 44.3 Å². The molecule has 0 saturated heterocycles. The number of hydrogen-bond acceptors (Lipinski definition) is 1. The first kappa shape index (κ1) is 13.9. The Labute approximate surface area is 116 Å². The van der Waals surface area contributed by atoms with E-state index >= 15 is 0 Å². The van der Waals surface area contributed by atoms with Crippen LogP contribution in [0.4, 0.5) is 0 Å². The molecule has 18 heavy (non-hydrogen) atoms. The summed E-state index contributed by atoms with van der Waals surface area (Å²) in [6.45, 7) is 7.88. The quantitative estimate of drug-likeness (QED) is 0.812. The Balaban J connectivity index is 1.86. The predicted octanol–water partition coefficient (Wildman–Crippen LogP) is 4.22. The highest BCUT2D eigenvalue weighted by Crippen LogP contribution is 2.25. The van der Waals surface area contributed by atoms with Gasteiger partial charge in [0.1, 0.15) is 0 Å². The van der Waals surface area contributed by atoms with Crippen molar-refractivity contribution in [3.8, 4) is 0 Å². The molecular formula is C16H24ClN. The van der Waals surface area contributed by atoms with E-state index in [-0.39, 0.29) is 0 Å². The monoisotopic (exact) mass is 265 g/mol. The summed E-state index contributed by atoms with van der Waals surface area (Å²) in [6, 6.07) is 7.20. The minimum atomic E-state index is 0.663. The summed E-state index contributed by atoms with van der Waals surface area (Å²) in [4.78, 5) is 0. The summed E-state index contributed by atoms with van der Waals surface area (Å²) in [5.41, 5.74) is 2.52. The molecule has 100 valence electrons. The highest BCUT2D eigenvalue weighted by Gasteiger charge is 2.22. The second-order valence-electron chi connectivity index (χ2n) is 5.94. The lowest BCUT2D eigenvalue weighted by atomic mass is 9.89. The smallest absolute Gasteiger partial charge is 0.0440 e. The van der Waals surface area contributed by atoms with Crippen LogP contribution in [0, 0.1) is 18.8 Å². The van der Waals surface area contributed by atoms with Gasteiger partial charge in [0, 0.05) is 11.1 Å². The Kier molecular flexibility index (Phi) is 4.69. The molecule has 2 heteroatoms. The molecule has 1 aliphatic rings. The molecule has 1 N–H and O–H groups in total. The normalized spacial score (nSPS) is 18.7. The number of rotatable bonds is 6. The van der Waals surface area contributed by atoms with E-state index in [0.717, 1.165) is 24.0 Å². The topological polar surface area (TPSA) is 12.0 Å². The summed E-state index contributed by atoms with van der Waals surface area (Å²) in [5.74, 6) is 1.36. The lowest BCUT2D eigenvalue weighted by Crippen LogP contribution is -2.27. The zero-order valence-electron chi connectivity index (χ0n) is 11.7. The largest absolute Gasteiger partial charge is 0.314 e. The van der Waals surface area contributed by atoms with Gasteiger partial charge < -0.3 is 5.32 Å². The van der Waals surface area contributed by atoms with Gasteiger partial charge in [-0.15, -0.1) is 0 Å². The van der Waals surface area contributed by atoms with Crippen molar-refractivity contribution in [1.82, 2.24) is 5.32 Å². The minimum Gasteiger partial charge on any atom is -0.314 e. The fourth-order valence-electron chi connectivity index (χ4n) is 2.21. The third kappa shape index (κ3) is 4.00. The van der Waals surface area contributed by atoms with E-state index < -0.39 is 0 Å². The highest BCUT2D eigenvalue weighted by atomic mass is 35.5. The average Bonchev–Trinajstić information content (AvgIpc) is 3.13. The molecule has 1 saturated carbocycles. The van der Waals surface area contributed by atoms with E-state index in [0.29, 0.717) is 11.8 Å². The van der Waals surface area contributed by atoms with Crippen molar-refractivity contribution in [2.75, 3.05) is 6.54 Å². The molecule has 0 aromatic heterocycles. The van der Waals surface area contributed by atoms with Crippen LogP contribution in [0.25, 0.3) is 0 Å².